The molecule has 7 nitrogen and oxygen atoms in total. The topological polar surface area (TPSA) is 79.4 Å². The summed E-state index contributed by atoms with van der Waals surface area (Å²) in [5, 5.41) is 9.69. The number of furan rings is 1. The molecule has 2 aromatic rings. The van der Waals surface area contributed by atoms with Crippen LogP contribution in [0, 0.1) is 0 Å². The first-order valence-electron chi connectivity index (χ1n) is 9.79. The molecule has 2 aliphatic rings. The van der Waals surface area contributed by atoms with Crippen molar-refractivity contribution in [1.29, 1.82) is 0 Å². The number of rotatable bonds is 7. The Bertz CT molecular complexity index is 907. The standard InChI is InChI=1S/C21H23ClN4O3/c1-25(12-20(27)23-16-8-9-16)13-21(28)26-18(19-3-2-10-29-19)11-17(24-26)14-4-6-15(22)7-5-14/h2-7,10,16,18H,8-9,11-13H2,1H3,(H,23,27)/p+1/t18-/m0/s1. The van der Waals surface area contributed by atoms with E-state index in [4.69, 9.17) is 16.0 Å². The Hall–Kier alpha value is -2.64. The van der Waals surface area contributed by atoms with E-state index in [2.05, 4.69) is 10.4 Å². The average Bonchev–Trinajstić information content (AvgIpc) is 3.17. The van der Waals surface area contributed by atoms with Crippen LogP contribution in [0.4, 0.5) is 0 Å². The third-order valence-electron chi connectivity index (χ3n) is 5.07. The summed E-state index contributed by atoms with van der Waals surface area (Å²) in [6, 6.07) is 11.1. The highest BCUT2D eigenvalue weighted by Crippen LogP contribution is 2.33. The number of hydrogen-bond donors (Lipinski definition) is 2. The number of hydrazone groups is 1. The van der Waals surface area contributed by atoms with Gasteiger partial charge in [0.05, 0.1) is 19.0 Å². The van der Waals surface area contributed by atoms with Gasteiger partial charge in [0.15, 0.2) is 13.1 Å². The van der Waals surface area contributed by atoms with Gasteiger partial charge in [0.1, 0.15) is 11.8 Å². The summed E-state index contributed by atoms with van der Waals surface area (Å²) >= 11 is 5.99. The number of amides is 2. The van der Waals surface area contributed by atoms with Crippen molar-refractivity contribution in [3.63, 3.8) is 0 Å². The number of carbonyl (C=O) groups is 2. The molecule has 2 atom stereocenters. The van der Waals surface area contributed by atoms with Crippen molar-refractivity contribution in [3.8, 4) is 0 Å². The van der Waals surface area contributed by atoms with Gasteiger partial charge in [0.25, 0.3) is 11.8 Å². The molecule has 1 aromatic heterocycles. The second-order valence-electron chi connectivity index (χ2n) is 7.68. The van der Waals surface area contributed by atoms with Crippen molar-refractivity contribution in [3.05, 3.63) is 59.0 Å². The van der Waals surface area contributed by atoms with E-state index in [1.54, 1.807) is 12.3 Å². The van der Waals surface area contributed by atoms with Gasteiger partial charge in [-0.15, -0.1) is 0 Å². The first-order valence-corrected chi connectivity index (χ1v) is 10.2. The van der Waals surface area contributed by atoms with E-state index in [-0.39, 0.29) is 30.9 Å². The summed E-state index contributed by atoms with van der Waals surface area (Å²) in [7, 11) is 1.84. The summed E-state index contributed by atoms with van der Waals surface area (Å²) in [6.45, 7) is 0.432. The zero-order chi connectivity index (χ0) is 20.4. The van der Waals surface area contributed by atoms with Gasteiger partial charge in [-0.05, 0) is 42.7 Å². The molecule has 4 rings (SSSR count). The zero-order valence-corrected chi connectivity index (χ0v) is 17.0. The highest BCUT2D eigenvalue weighted by Gasteiger charge is 2.36. The molecule has 8 heteroatoms. The van der Waals surface area contributed by atoms with Crippen LogP contribution >= 0.6 is 11.6 Å². The molecule has 29 heavy (non-hydrogen) atoms. The van der Waals surface area contributed by atoms with E-state index in [0.717, 1.165) is 29.0 Å². The minimum absolute atomic E-state index is 0.0211. The lowest BCUT2D eigenvalue weighted by Gasteiger charge is -2.21. The van der Waals surface area contributed by atoms with Crippen molar-refractivity contribution in [2.75, 3.05) is 20.1 Å². The largest absolute Gasteiger partial charge is 0.467 e. The summed E-state index contributed by atoms with van der Waals surface area (Å²) < 4.78 is 5.56. The van der Waals surface area contributed by atoms with Crippen LogP contribution in [0.3, 0.4) is 0 Å². The Kier molecular flexibility index (Phi) is 5.69. The second kappa shape index (κ2) is 8.39. The smallest absolute Gasteiger partial charge is 0.298 e. The minimum Gasteiger partial charge on any atom is -0.467 e. The number of hydrogen-bond acceptors (Lipinski definition) is 4. The second-order valence-corrected chi connectivity index (χ2v) is 8.12. The molecule has 152 valence electrons. The van der Waals surface area contributed by atoms with E-state index in [0.29, 0.717) is 23.2 Å². The maximum absolute atomic E-state index is 13.0. The molecule has 1 aromatic carbocycles. The summed E-state index contributed by atoms with van der Waals surface area (Å²) in [5.74, 6) is 0.523. The molecule has 1 unspecified atom stereocenters. The molecule has 2 N–H and O–H groups in total. The first kappa shape index (κ1) is 19.7. The quantitative estimate of drug-likeness (QED) is 0.717. The van der Waals surface area contributed by atoms with Gasteiger partial charge in [-0.2, -0.15) is 5.10 Å². The van der Waals surface area contributed by atoms with Crippen molar-refractivity contribution >= 4 is 29.1 Å². The van der Waals surface area contributed by atoms with Crippen LogP contribution in [-0.4, -0.2) is 48.7 Å². The van der Waals surface area contributed by atoms with Crippen LogP contribution < -0.4 is 10.2 Å². The maximum atomic E-state index is 13.0. The van der Waals surface area contributed by atoms with E-state index in [9.17, 15) is 9.59 Å². The molecule has 1 fully saturated rings. The predicted molar refractivity (Wildman–Crippen MR) is 109 cm³/mol. The number of nitrogens with zero attached hydrogens (tertiary/aromatic N) is 2. The van der Waals surface area contributed by atoms with E-state index >= 15 is 0 Å². The number of nitrogens with one attached hydrogen (secondary N) is 2. The molecule has 0 saturated heterocycles. The number of benzene rings is 1. The van der Waals surface area contributed by atoms with Gasteiger partial charge in [0, 0.05) is 17.5 Å². The fourth-order valence-corrected chi connectivity index (χ4v) is 3.57. The Balaban J connectivity index is 1.47. The summed E-state index contributed by atoms with van der Waals surface area (Å²) in [6.07, 6.45) is 4.25. The molecule has 1 aliphatic carbocycles. The Morgan fingerprint density at radius 2 is 2.00 bits per heavy atom. The van der Waals surface area contributed by atoms with Crippen LogP contribution in [-0.2, 0) is 9.59 Å². The zero-order valence-electron chi connectivity index (χ0n) is 16.2. The van der Waals surface area contributed by atoms with E-state index in [1.807, 2.05) is 37.4 Å². The SMILES string of the molecule is C[NH+](CC(=O)NC1CC1)CC(=O)N1N=C(c2ccc(Cl)cc2)C[C@H]1c1ccco1. The van der Waals surface area contributed by atoms with Crippen LogP contribution in [0.5, 0.6) is 0 Å². The fourth-order valence-electron chi connectivity index (χ4n) is 3.44. The van der Waals surface area contributed by atoms with Crippen molar-refractivity contribution in [1.82, 2.24) is 10.3 Å². The Morgan fingerprint density at radius 3 is 2.66 bits per heavy atom. The summed E-state index contributed by atoms with van der Waals surface area (Å²) in [4.78, 5) is 25.8. The molecule has 1 saturated carbocycles. The van der Waals surface area contributed by atoms with Crippen LogP contribution in [0.25, 0.3) is 0 Å². The highest BCUT2D eigenvalue weighted by molar-refractivity contribution is 6.30. The molecule has 1 aliphatic heterocycles. The van der Waals surface area contributed by atoms with Crippen LogP contribution in [0.15, 0.2) is 52.2 Å². The third kappa shape index (κ3) is 4.86. The lowest BCUT2D eigenvalue weighted by Crippen LogP contribution is -3.11. The molecular formula is C21H24ClN4O3+. The molecule has 2 amide bonds. The van der Waals surface area contributed by atoms with Gasteiger partial charge in [-0.1, -0.05) is 23.7 Å². The normalized spacial score (nSPS) is 19.7. The van der Waals surface area contributed by atoms with Gasteiger partial charge < -0.3 is 14.6 Å². The molecule has 0 radical (unpaired) electrons. The summed E-state index contributed by atoms with van der Waals surface area (Å²) in [5.41, 5.74) is 1.73. The first-order chi connectivity index (χ1) is 14.0. The maximum Gasteiger partial charge on any atom is 0.298 e. The molecule has 0 bridgehead atoms. The fraction of sp³-hybridized carbons (Fsp3) is 0.381. The van der Waals surface area contributed by atoms with Gasteiger partial charge >= 0.3 is 0 Å². The number of carbonyl (C=O) groups excluding carboxylic acids is 2. The van der Waals surface area contributed by atoms with E-state index < -0.39 is 0 Å². The van der Waals surface area contributed by atoms with Gasteiger partial charge in [-0.3, -0.25) is 9.59 Å². The lowest BCUT2D eigenvalue weighted by molar-refractivity contribution is -0.863. The highest BCUT2D eigenvalue weighted by atomic mass is 35.5. The molecular weight excluding hydrogens is 392 g/mol. The Morgan fingerprint density at radius 1 is 1.24 bits per heavy atom. The third-order valence-corrected chi connectivity index (χ3v) is 5.32. The van der Waals surface area contributed by atoms with Gasteiger partial charge in [-0.25, -0.2) is 5.01 Å². The molecule has 0 spiro atoms. The van der Waals surface area contributed by atoms with Crippen molar-refractivity contribution in [2.45, 2.75) is 31.3 Å². The minimum atomic E-state index is -0.295. The average molecular weight is 416 g/mol. The number of quaternary nitrogens is 1. The van der Waals surface area contributed by atoms with Gasteiger partial charge in [0.2, 0.25) is 0 Å². The predicted octanol–water partition coefficient (Wildman–Crippen LogP) is 1.40. The number of halogens is 1. The van der Waals surface area contributed by atoms with Crippen molar-refractivity contribution in [2.24, 2.45) is 5.10 Å². The number of likely N-dealkylation sites (N-methyl/N-ethyl adjacent to an activating group) is 1. The Labute approximate surface area is 174 Å². The van der Waals surface area contributed by atoms with Crippen LogP contribution in [0.2, 0.25) is 5.02 Å². The monoisotopic (exact) mass is 415 g/mol. The van der Waals surface area contributed by atoms with Crippen LogP contribution in [0.1, 0.15) is 36.6 Å². The van der Waals surface area contributed by atoms with E-state index in [1.165, 1.54) is 5.01 Å². The van der Waals surface area contributed by atoms with Crippen molar-refractivity contribution < 1.29 is 18.9 Å². The lowest BCUT2D eigenvalue weighted by atomic mass is 10.0. The molecule has 2 heterocycles.